The van der Waals surface area contributed by atoms with Crippen molar-refractivity contribution in [2.24, 2.45) is 0 Å². The number of ether oxygens (including phenoxy) is 1. The first kappa shape index (κ1) is 27.5. The van der Waals surface area contributed by atoms with E-state index < -0.39 is 5.82 Å². The second-order valence-corrected chi connectivity index (χ2v) is 8.96. The van der Waals surface area contributed by atoms with Crippen LogP contribution in [0.4, 0.5) is 4.39 Å². The largest absolute Gasteiger partial charge is 0.464 e. The number of benzene rings is 3. The van der Waals surface area contributed by atoms with Crippen LogP contribution in [0.25, 0.3) is 17.0 Å². The number of para-hydroxylation sites is 1. The molecule has 1 heterocycles. The third-order valence-electron chi connectivity index (χ3n) is 6.17. The molecule has 0 aliphatic heterocycles. The van der Waals surface area contributed by atoms with Crippen LogP contribution in [-0.2, 0) is 27.4 Å². The molecular formula is C31H29FN2O5. The first-order valence-corrected chi connectivity index (χ1v) is 12.5. The van der Waals surface area contributed by atoms with Gasteiger partial charge in [0.05, 0.1) is 30.4 Å². The van der Waals surface area contributed by atoms with E-state index in [-0.39, 0.29) is 50.0 Å². The van der Waals surface area contributed by atoms with Gasteiger partial charge in [-0.05, 0) is 41.5 Å². The number of amides is 2. The topological polar surface area (TPSA) is 80.1 Å². The maximum atomic E-state index is 13.6. The lowest BCUT2D eigenvalue weighted by molar-refractivity contribution is -0.139. The molecule has 0 saturated heterocycles. The van der Waals surface area contributed by atoms with Gasteiger partial charge in [-0.3, -0.25) is 14.4 Å². The van der Waals surface area contributed by atoms with E-state index in [4.69, 9.17) is 9.15 Å². The number of carbonyl (C=O) groups is 2. The molecule has 0 spiro atoms. The van der Waals surface area contributed by atoms with Gasteiger partial charge in [0.1, 0.15) is 17.9 Å². The summed E-state index contributed by atoms with van der Waals surface area (Å²) in [6.45, 7) is 0.266. The molecule has 8 heteroatoms. The minimum Gasteiger partial charge on any atom is -0.464 e. The lowest BCUT2D eigenvalue weighted by Crippen LogP contribution is -2.43. The highest BCUT2D eigenvalue weighted by Gasteiger charge is 2.22. The van der Waals surface area contributed by atoms with Crippen LogP contribution >= 0.6 is 0 Å². The van der Waals surface area contributed by atoms with Crippen molar-refractivity contribution in [2.45, 2.75) is 13.1 Å². The first-order valence-electron chi connectivity index (χ1n) is 12.5. The Morgan fingerprint density at radius 2 is 1.64 bits per heavy atom. The molecule has 4 aromatic rings. The molecule has 0 atom stereocenters. The molecule has 3 aromatic carbocycles. The zero-order valence-electron chi connectivity index (χ0n) is 21.6. The zero-order valence-corrected chi connectivity index (χ0v) is 21.6. The van der Waals surface area contributed by atoms with Gasteiger partial charge in [0.2, 0.25) is 11.8 Å². The van der Waals surface area contributed by atoms with Crippen molar-refractivity contribution in [1.29, 1.82) is 0 Å². The van der Waals surface area contributed by atoms with Crippen molar-refractivity contribution < 1.29 is 23.1 Å². The average molecular weight is 529 g/mol. The molecule has 0 N–H and O–H groups in total. The molecule has 0 fully saturated rings. The summed E-state index contributed by atoms with van der Waals surface area (Å²) in [7, 11) is 1.52. The number of carbonyl (C=O) groups excluding carboxylic acids is 2. The Balaban J connectivity index is 1.59. The fourth-order valence-electron chi connectivity index (χ4n) is 4.04. The van der Waals surface area contributed by atoms with Crippen molar-refractivity contribution in [3.63, 3.8) is 0 Å². The molecule has 1 aromatic heterocycles. The van der Waals surface area contributed by atoms with Gasteiger partial charge in [-0.1, -0.05) is 54.6 Å². The summed E-state index contributed by atoms with van der Waals surface area (Å²) in [5, 5.41) is 0.409. The van der Waals surface area contributed by atoms with Crippen LogP contribution in [0.5, 0.6) is 0 Å². The summed E-state index contributed by atoms with van der Waals surface area (Å²) in [4.78, 5) is 42.6. The zero-order chi connectivity index (χ0) is 27.6. The van der Waals surface area contributed by atoms with Gasteiger partial charge >= 0.3 is 0 Å². The molecule has 0 aliphatic carbocycles. The van der Waals surface area contributed by atoms with Crippen LogP contribution in [0.15, 0.2) is 100 Å². The summed E-state index contributed by atoms with van der Waals surface area (Å²) in [5.74, 6) is -1.13. The van der Waals surface area contributed by atoms with Crippen LogP contribution in [0.3, 0.4) is 0 Å². The molecule has 2 amide bonds. The molecule has 39 heavy (non-hydrogen) atoms. The number of hydrogen-bond acceptors (Lipinski definition) is 5. The van der Waals surface area contributed by atoms with Gasteiger partial charge in [-0.25, -0.2) is 4.39 Å². The van der Waals surface area contributed by atoms with Gasteiger partial charge in [0, 0.05) is 26.3 Å². The molecule has 0 saturated carbocycles. The fraction of sp³-hybridized carbons (Fsp3) is 0.194. The Bertz CT molecular complexity index is 1500. The van der Waals surface area contributed by atoms with Gasteiger partial charge in [0.25, 0.3) is 0 Å². The highest BCUT2D eigenvalue weighted by atomic mass is 19.1. The van der Waals surface area contributed by atoms with E-state index in [1.165, 1.54) is 41.4 Å². The molecule has 4 rings (SSSR count). The first-order chi connectivity index (χ1) is 18.9. The third-order valence-corrected chi connectivity index (χ3v) is 6.17. The Kier molecular flexibility index (Phi) is 9.37. The van der Waals surface area contributed by atoms with Crippen molar-refractivity contribution in [3.8, 4) is 0 Å². The Morgan fingerprint density at radius 3 is 2.38 bits per heavy atom. The second kappa shape index (κ2) is 13.3. The van der Waals surface area contributed by atoms with Crippen LogP contribution < -0.4 is 5.43 Å². The van der Waals surface area contributed by atoms with Crippen molar-refractivity contribution >= 4 is 28.9 Å². The number of fused-ring (bicyclic) bond motifs is 1. The number of nitrogens with zero attached hydrogens (tertiary/aromatic N) is 2. The van der Waals surface area contributed by atoms with Crippen LogP contribution in [0.2, 0.25) is 0 Å². The van der Waals surface area contributed by atoms with Crippen molar-refractivity contribution in [1.82, 2.24) is 9.80 Å². The Morgan fingerprint density at radius 1 is 0.923 bits per heavy atom. The Hall–Kier alpha value is -4.56. The summed E-state index contributed by atoms with van der Waals surface area (Å²) in [6, 6.07) is 22.0. The van der Waals surface area contributed by atoms with E-state index in [9.17, 15) is 18.8 Å². The minimum atomic E-state index is -0.395. The fourth-order valence-corrected chi connectivity index (χ4v) is 4.04. The quantitative estimate of drug-likeness (QED) is 0.265. The molecule has 7 nitrogen and oxygen atoms in total. The van der Waals surface area contributed by atoms with Crippen molar-refractivity contribution in [2.75, 3.05) is 26.8 Å². The van der Waals surface area contributed by atoms with Gasteiger partial charge < -0.3 is 19.0 Å². The number of methoxy groups -OCH3 is 1. The second-order valence-electron chi connectivity index (χ2n) is 8.96. The lowest BCUT2D eigenvalue weighted by Gasteiger charge is -2.27. The minimum absolute atomic E-state index is 0.0461. The average Bonchev–Trinajstić information content (AvgIpc) is 2.96. The summed E-state index contributed by atoms with van der Waals surface area (Å²) >= 11 is 0. The maximum absolute atomic E-state index is 13.6. The molecule has 0 aliphatic rings. The number of halogens is 1. The third kappa shape index (κ3) is 7.49. The van der Waals surface area contributed by atoms with Crippen LogP contribution in [-0.4, -0.2) is 48.4 Å². The van der Waals surface area contributed by atoms with Crippen LogP contribution in [0.1, 0.15) is 16.7 Å². The van der Waals surface area contributed by atoms with E-state index in [2.05, 4.69) is 0 Å². The SMILES string of the molecule is COCCN(CC(=O)N(Cc1ccc(F)cc1)Cc1coc2ccccc2c1=O)C(=O)C=Cc1ccccc1. The highest BCUT2D eigenvalue weighted by molar-refractivity contribution is 5.94. The molecule has 200 valence electrons. The number of hydrogen-bond donors (Lipinski definition) is 0. The summed E-state index contributed by atoms with van der Waals surface area (Å²) in [6.07, 6.45) is 4.45. The van der Waals surface area contributed by atoms with Gasteiger partial charge in [0.15, 0.2) is 5.43 Å². The van der Waals surface area contributed by atoms with E-state index >= 15 is 0 Å². The summed E-state index contributed by atoms with van der Waals surface area (Å²) in [5.41, 5.74) is 2.03. The van der Waals surface area contributed by atoms with E-state index in [1.54, 1.807) is 42.5 Å². The predicted octanol–water partition coefficient (Wildman–Crippen LogP) is 4.65. The van der Waals surface area contributed by atoms with E-state index in [1.807, 2.05) is 30.3 Å². The molecule has 0 bridgehead atoms. The lowest BCUT2D eigenvalue weighted by atomic mass is 10.1. The molecular weight excluding hydrogens is 499 g/mol. The van der Waals surface area contributed by atoms with Crippen LogP contribution in [0, 0.1) is 5.82 Å². The number of rotatable bonds is 11. The van der Waals surface area contributed by atoms with E-state index in [0.717, 1.165) is 5.56 Å². The molecule has 0 radical (unpaired) electrons. The monoisotopic (exact) mass is 528 g/mol. The predicted molar refractivity (Wildman–Crippen MR) is 147 cm³/mol. The smallest absolute Gasteiger partial charge is 0.247 e. The molecule has 0 unspecified atom stereocenters. The van der Waals surface area contributed by atoms with E-state index in [0.29, 0.717) is 22.1 Å². The standard InChI is InChI=1S/C31H29FN2O5/c1-38-18-17-33(29(35)16-13-23-7-3-2-4-8-23)21-30(36)34(19-24-11-14-26(32)15-12-24)20-25-22-39-28-10-6-5-9-27(28)31(25)37/h2-16,22H,17-21H2,1H3. The van der Waals surface area contributed by atoms with Gasteiger partial charge in [-0.15, -0.1) is 0 Å². The Labute approximate surface area is 225 Å². The maximum Gasteiger partial charge on any atom is 0.247 e. The highest BCUT2D eigenvalue weighted by Crippen LogP contribution is 2.15. The van der Waals surface area contributed by atoms with Crippen molar-refractivity contribution in [3.05, 3.63) is 124 Å². The van der Waals surface area contributed by atoms with Gasteiger partial charge in [-0.2, -0.15) is 0 Å². The summed E-state index contributed by atoms with van der Waals surface area (Å²) < 4.78 is 24.3. The normalized spacial score (nSPS) is 11.1.